The lowest BCUT2D eigenvalue weighted by Gasteiger charge is -2.68. The second-order valence-electron chi connectivity index (χ2n) is 17.2. The Morgan fingerprint density at radius 2 is 1.85 bits per heavy atom. The van der Waals surface area contributed by atoms with Crippen LogP contribution in [0.25, 0.3) is 0 Å². The van der Waals surface area contributed by atoms with Gasteiger partial charge in [0.25, 0.3) is 0 Å². The summed E-state index contributed by atoms with van der Waals surface area (Å²) in [5.41, 5.74) is 0.720. The summed E-state index contributed by atoms with van der Waals surface area (Å²) in [6, 6.07) is 10.5. The molecule has 0 spiro atoms. The smallest absolute Gasteiger partial charge is 0.309 e. The first-order chi connectivity index (χ1) is 21.7. The van der Waals surface area contributed by atoms with E-state index >= 15 is 0 Å². The SMILES string of the molecule is COC(=O)C(CC(=O)CC(C)(O)CO)[C@@H]1CC[C@]23C[C@]12CC[C@@H]1[C@@]2(C)CC=C4C[C@@H](c5ccccc5)OC[C@]4(C)[C@@H]2C[C@@H](O)[C@]13C. The number of ketones is 1. The van der Waals surface area contributed by atoms with E-state index in [0.717, 1.165) is 51.4 Å². The number of ether oxygens (including phenoxy) is 2. The highest BCUT2D eigenvalue weighted by atomic mass is 16.5. The quantitative estimate of drug-likeness (QED) is 0.239. The van der Waals surface area contributed by atoms with Crippen LogP contribution in [0.15, 0.2) is 42.0 Å². The van der Waals surface area contributed by atoms with Gasteiger partial charge < -0.3 is 24.8 Å². The first kappa shape index (κ1) is 32.5. The maximum atomic E-state index is 13.3. The Kier molecular flexibility index (Phi) is 7.57. The Labute approximate surface area is 274 Å². The molecule has 2 unspecified atom stereocenters. The number of carbonyl (C=O) groups excluding carboxylic acids is 2. The van der Waals surface area contributed by atoms with Gasteiger partial charge in [-0.2, -0.15) is 0 Å². The molecule has 1 aromatic rings. The van der Waals surface area contributed by atoms with Gasteiger partial charge in [0.1, 0.15) is 5.78 Å². The molecule has 252 valence electrons. The zero-order valence-electron chi connectivity index (χ0n) is 28.4. The van der Waals surface area contributed by atoms with Crippen LogP contribution < -0.4 is 0 Å². The number of methoxy groups -OCH3 is 1. The third kappa shape index (κ3) is 4.29. The fourth-order valence-corrected chi connectivity index (χ4v) is 13.0. The van der Waals surface area contributed by atoms with E-state index in [2.05, 4.69) is 51.1 Å². The van der Waals surface area contributed by atoms with Crippen molar-refractivity contribution in [2.24, 2.45) is 50.7 Å². The van der Waals surface area contributed by atoms with Crippen LogP contribution in [0, 0.1) is 50.7 Å². The van der Waals surface area contributed by atoms with Crippen molar-refractivity contribution in [2.75, 3.05) is 20.3 Å². The second kappa shape index (κ2) is 10.7. The van der Waals surface area contributed by atoms with Gasteiger partial charge in [-0.15, -0.1) is 0 Å². The molecule has 1 heterocycles. The lowest BCUT2D eigenvalue weighted by Crippen LogP contribution is -2.65. The third-order valence-electron chi connectivity index (χ3n) is 15.2. The van der Waals surface area contributed by atoms with E-state index in [1.54, 1.807) is 0 Å². The molecule has 7 rings (SSSR count). The van der Waals surface area contributed by atoms with Gasteiger partial charge in [0.05, 0.1) is 44.1 Å². The number of hydrogen-bond acceptors (Lipinski definition) is 7. The van der Waals surface area contributed by atoms with Crippen molar-refractivity contribution < 1.29 is 34.4 Å². The molecule has 12 atom stereocenters. The highest BCUT2D eigenvalue weighted by Gasteiger charge is 2.85. The number of esters is 1. The number of rotatable bonds is 8. The van der Waals surface area contributed by atoms with Gasteiger partial charge in [0, 0.05) is 23.7 Å². The number of aliphatic hydroxyl groups excluding tert-OH is 2. The molecule has 1 saturated heterocycles. The van der Waals surface area contributed by atoms with E-state index in [1.807, 2.05) is 6.07 Å². The number of fused-ring (bicyclic) bond motifs is 5. The standard InChI is InChI=1S/C39H54O7/c1-34(44,22-40)20-26(41)18-27(33(43)45-5)28-12-16-39-21-38(28,39)15-13-30-35(2)14-11-25-17-29(24-9-7-6-8-10-24)46-23-36(25,3)31(35)19-32(42)37(30,39)4/h6-11,27-32,40,42,44H,12-23H2,1-5H3/t27?,28-,29-,30+,31+,32+,34?,35+,36-,37-,38+,39+/m0/s1. The minimum atomic E-state index is -1.50. The zero-order valence-corrected chi connectivity index (χ0v) is 28.4. The van der Waals surface area contributed by atoms with Crippen molar-refractivity contribution >= 4 is 11.8 Å². The molecular weight excluding hydrogens is 580 g/mol. The molecule has 6 aliphatic rings. The molecule has 0 bridgehead atoms. The molecule has 0 radical (unpaired) electrons. The Balaban J connectivity index is 1.17. The number of aliphatic hydroxyl groups is 3. The third-order valence-corrected chi connectivity index (χ3v) is 15.2. The average Bonchev–Trinajstić information content (AvgIpc) is 3.61. The summed E-state index contributed by atoms with van der Waals surface area (Å²) in [4.78, 5) is 26.4. The average molecular weight is 635 g/mol. The first-order valence-corrected chi connectivity index (χ1v) is 17.7. The Morgan fingerprint density at radius 3 is 2.54 bits per heavy atom. The van der Waals surface area contributed by atoms with E-state index in [1.165, 1.54) is 25.2 Å². The summed E-state index contributed by atoms with van der Waals surface area (Å²) in [6.45, 7) is 8.86. The van der Waals surface area contributed by atoms with Crippen LogP contribution in [0.5, 0.6) is 0 Å². The van der Waals surface area contributed by atoms with Crippen molar-refractivity contribution in [2.45, 2.75) is 110 Å². The van der Waals surface area contributed by atoms with Gasteiger partial charge in [0.15, 0.2) is 0 Å². The fraction of sp³-hybridized carbons (Fsp3) is 0.744. The molecule has 5 aliphatic carbocycles. The molecule has 46 heavy (non-hydrogen) atoms. The summed E-state index contributed by atoms with van der Waals surface area (Å²) in [5, 5.41) is 32.3. The van der Waals surface area contributed by atoms with Crippen molar-refractivity contribution in [3.8, 4) is 0 Å². The first-order valence-electron chi connectivity index (χ1n) is 17.7. The summed E-state index contributed by atoms with van der Waals surface area (Å²) in [5.74, 6) is -0.468. The molecule has 1 aliphatic heterocycles. The predicted molar refractivity (Wildman–Crippen MR) is 173 cm³/mol. The topological polar surface area (TPSA) is 113 Å². The lowest BCUT2D eigenvalue weighted by atomic mass is 9.37. The van der Waals surface area contributed by atoms with Gasteiger partial charge in [0.2, 0.25) is 0 Å². The molecule has 4 saturated carbocycles. The molecule has 1 aromatic carbocycles. The van der Waals surface area contributed by atoms with E-state index in [-0.39, 0.29) is 63.7 Å². The Bertz CT molecular complexity index is 1420. The largest absolute Gasteiger partial charge is 0.469 e. The van der Waals surface area contributed by atoms with E-state index in [4.69, 9.17) is 9.47 Å². The van der Waals surface area contributed by atoms with Crippen LogP contribution in [-0.2, 0) is 19.1 Å². The maximum absolute atomic E-state index is 13.3. The summed E-state index contributed by atoms with van der Waals surface area (Å²) in [6.07, 6.45) is 9.48. The Morgan fingerprint density at radius 1 is 1.11 bits per heavy atom. The summed E-state index contributed by atoms with van der Waals surface area (Å²) >= 11 is 0. The monoisotopic (exact) mass is 634 g/mol. The number of hydrogen-bond donors (Lipinski definition) is 3. The molecule has 5 fully saturated rings. The summed E-state index contributed by atoms with van der Waals surface area (Å²) in [7, 11) is 1.39. The minimum absolute atomic E-state index is 0.00974. The molecular formula is C39H54O7. The van der Waals surface area contributed by atoms with Crippen LogP contribution in [0.3, 0.4) is 0 Å². The Hall–Kier alpha value is -2.06. The van der Waals surface area contributed by atoms with Crippen molar-refractivity contribution in [3.63, 3.8) is 0 Å². The summed E-state index contributed by atoms with van der Waals surface area (Å²) < 4.78 is 11.9. The normalized spacial score (nSPS) is 45.8. The number of benzene rings is 1. The lowest BCUT2D eigenvalue weighted by molar-refractivity contribution is -0.225. The van der Waals surface area contributed by atoms with Crippen LogP contribution in [0.1, 0.15) is 104 Å². The van der Waals surface area contributed by atoms with Crippen LogP contribution in [0.2, 0.25) is 0 Å². The molecule has 3 N–H and O–H groups in total. The number of carbonyl (C=O) groups is 2. The van der Waals surface area contributed by atoms with Gasteiger partial charge in [-0.1, -0.05) is 62.8 Å². The van der Waals surface area contributed by atoms with Crippen LogP contribution in [-0.4, -0.2) is 59.1 Å². The van der Waals surface area contributed by atoms with E-state index < -0.39 is 24.2 Å². The highest BCUT2D eigenvalue weighted by Crippen LogP contribution is 2.90. The molecule has 0 aromatic heterocycles. The molecule has 7 nitrogen and oxygen atoms in total. The van der Waals surface area contributed by atoms with Crippen molar-refractivity contribution in [1.29, 1.82) is 0 Å². The molecule has 0 amide bonds. The fourth-order valence-electron chi connectivity index (χ4n) is 13.0. The van der Waals surface area contributed by atoms with Crippen LogP contribution in [0.4, 0.5) is 0 Å². The van der Waals surface area contributed by atoms with Gasteiger partial charge in [-0.05, 0) is 97.9 Å². The zero-order chi connectivity index (χ0) is 32.9. The number of allylic oxidation sites excluding steroid dienone is 1. The van der Waals surface area contributed by atoms with Crippen molar-refractivity contribution in [3.05, 3.63) is 47.5 Å². The van der Waals surface area contributed by atoms with Gasteiger partial charge in [-0.25, -0.2) is 0 Å². The minimum Gasteiger partial charge on any atom is -0.469 e. The maximum Gasteiger partial charge on any atom is 0.309 e. The highest BCUT2D eigenvalue weighted by molar-refractivity contribution is 5.85. The van der Waals surface area contributed by atoms with Gasteiger partial charge in [-0.3, -0.25) is 9.59 Å². The number of Topliss-reactive ketones (excluding diaryl/α,β-unsaturated/α-hetero) is 1. The predicted octanol–water partition coefficient (Wildman–Crippen LogP) is 5.96. The second-order valence-corrected chi connectivity index (χ2v) is 17.2. The van der Waals surface area contributed by atoms with Gasteiger partial charge >= 0.3 is 5.97 Å². The van der Waals surface area contributed by atoms with E-state index in [9.17, 15) is 24.9 Å². The van der Waals surface area contributed by atoms with Crippen molar-refractivity contribution in [1.82, 2.24) is 0 Å². The molecule has 7 heteroatoms. The van der Waals surface area contributed by atoms with Crippen LogP contribution >= 0.6 is 0 Å². The van der Waals surface area contributed by atoms with E-state index in [0.29, 0.717) is 18.4 Å².